The maximum Gasteiger partial charge on any atom is 0.239 e. The molecule has 0 unspecified atom stereocenters. The molecular formula is C17H15Cl2N3O. The van der Waals surface area contributed by atoms with E-state index < -0.39 is 11.9 Å². The van der Waals surface area contributed by atoms with Gasteiger partial charge in [0.15, 0.2) is 0 Å². The molecule has 2 atom stereocenters. The molecule has 0 radical (unpaired) electrons. The van der Waals surface area contributed by atoms with Gasteiger partial charge in [-0.15, -0.1) is 0 Å². The lowest BCUT2D eigenvalue weighted by Crippen LogP contribution is -2.35. The Bertz CT molecular complexity index is 753. The van der Waals surface area contributed by atoms with Crippen molar-refractivity contribution in [1.82, 2.24) is 5.32 Å². The van der Waals surface area contributed by atoms with E-state index in [-0.39, 0.29) is 6.04 Å². The second-order valence-corrected chi connectivity index (χ2v) is 5.89. The zero-order valence-corrected chi connectivity index (χ0v) is 13.9. The van der Waals surface area contributed by atoms with Gasteiger partial charge in [0.2, 0.25) is 5.91 Å². The number of nitrogens with one attached hydrogen (secondary N) is 1. The van der Waals surface area contributed by atoms with Crippen molar-refractivity contribution in [1.29, 1.82) is 5.26 Å². The molecule has 0 aliphatic heterocycles. The number of hydrogen-bond donors (Lipinski definition) is 2. The summed E-state index contributed by atoms with van der Waals surface area (Å²) in [6.45, 7) is 1.87. The van der Waals surface area contributed by atoms with Crippen LogP contribution in [0.2, 0.25) is 10.0 Å². The average Bonchev–Trinajstić information content (AvgIpc) is 2.55. The third-order valence-corrected chi connectivity index (χ3v) is 4.36. The Hall–Kier alpha value is -2.06. The highest BCUT2D eigenvalue weighted by Gasteiger charge is 2.22. The summed E-state index contributed by atoms with van der Waals surface area (Å²) >= 11 is 12.2. The van der Waals surface area contributed by atoms with Crippen molar-refractivity contribution in [3.8, 4) is 6.07 Å². The number of carbonyl (C=O) groups excluding carboxylic acids is 1. The van der Waals surface area contributed by atoms with Gasteiger partial charge in [0.25, 0.3) is 0 Å². The Kier molecular flexibility index (Phi) is 5.62. The Morgan fingerprint density at radius 1 is 1.22 bits per heavy atom. The molecule has 4 nitrogen and oxygen atoms in total. The highest BCUT2D eigenvalue weighted by atomic mass is 35.5. The molecule has 0 aromatic heterocycles. The van der Waals surface area contributed by atoms with E-state index in [1.54, 1.807) is 36.4 Å². The quantitative estimate of drug-likeness (QED) is 0.864. The summed E-state index contributed by atoms with van der Waals surface area (Å²) in [6.07, 6.45) is 0. The van der Waals surface area contributed by atoms with Crippen molar-refractivity contribution < 1.29 is 4.79 Å². The van der Waals surface area contributed by atoms with Gasteiger partial charge in [-0.05, 0) is 36.2 Å². The summed E-state index contributed by atoms with van der Waals surface area (Å²) in [4.78, 5) is 11.8. The van der Waals surface area contributed by atoms with Crippen LogP contribution >= 0.6 is 23.2 Å². The number of halogens is 2. The largest absolute Gasteiger partial charge is 0.368 e. The van der Waals surface area contributed by atoms with Crippen LogP contribution in [-0.4, -0.2) is 5.91 Å². The van der Waals surface area contributed by atoms with Crippen LogP contribution in [0.1, 0.15) is 35.7 Å². The fourth-order valence-corrected chi connectivity index (χ4v) is 2.76. The number of primary amides is 1. The molecule has 0 aliphatic carbocycles. The average molecular weight is 348 g/mol. The molecular weight excluding hydrogens is 333 g/mol. The summed E-state index contributed by atoms with van der Waals surface area (Å²) in [5, 5.41) is 12.9. The third-order valence-electron chi connectivity index (χ3n) is 3.52. The number of rotatable bonds is 5. The summed E-state index contributed by atoms with van der Waals surface area (Å²) in [5.74, 6) is -0.514. The van der Waals surface area contributed by atoms with Crippen LogP contribution in [0.15, 0.2) is 42.5 Å². The van der Waals surface area contributed by atoms with Gasteiger partial charge in [-0.1, -0.05) is 47.5 Å². The van der Waals surface area contributed by atoms with Crippen molar-refractivity contribution >= 4 is 29.1 Å². The zero-order chi connectivity index (χ0) is 17.0. The monoisotopic (exact) mass is 347 g/mol. The van der Waals surface area contributed by atoms with Crippen LogP contribution in [-0.2, 0) is 4.79 Å². The van der Waals surface area contributed by atoms with Crippen molar-refractivity contribution in [2.75, 3.05) is 0 Å². The Labute approximate surface area is 144 Å². The molecule has 118 valence electrons. The molecule has 0 bridgehead atoms. The topological polar surface area (TPSA) is 78.9 Å². The summed E-state index contributed by atoms with van der Waals surface area (Å²) < 4.78 is 0. The van der Waals surface area contributed by atoms with Gasteiger partial charge in [-0.25, -0.2) is 0 Å². The number of nitrogens with two attached hydrogens (primary N) is 1. The molecule has 2 rings (SSSR count). The Balaban J connectivity index is 2.27. The molecule has 3 N–H and O–H groups in total. The molecule has 0 heterocycles. The van der Waals surface area contributed by atoms with E-state index in [2.05, 4.69) is 5.32 Å². The lowest BCUT2D eigenvalue weighted by atomic mass is 10.0. The molecule has 0 fully saturated rings. The fourth-order valence-electron chi connectivity index (χ4n) is 2.29. The van der Waals surface area contributed by atoms with Crippen LogP contribution in [0.3, 0.4) is 0 Å². The van der Waals surface area contributed by atoms with Crippen molar-refractivity contribution in [3.05, 3.63) is 69.2 Å². The normalized spacial score (nSPS) is 13.1. The Morgan fingerprint density at radius 3 is 2.43 bits per heavy atom. The van der Waals surface area contributed by atoms with Crippen molar-refractivity contribution in [2.24, 2.45) is 5.73 Å². The van der Waals surface area contributed by atoms with Gasteiger partial charge < -0.3 is 5.73 Å². The zero-order valence-electron chi connectivity index (χ0n) is 12.4. The van der Waals surface area contributed by atoms with E-state index in [1.807, 2.05) is 19.1 Å². The number of carbonyl (C=O) groups is 1. The third kappa shape index (κ3) is 4.02. The van der Waals surface area contributed by atoms with E-state index in [0.29, 0.717) is 21.2 Å². The predicted molar refractivity (Wildman–Crippen MR) is 91.1 cm³/mol. The van der Waals surface area contributed by atoms with Crippen LogP contribution in [0.25, 0.3) is 0 Å². The summed E-state index contributed by atoms with van der Waals surface area (Å²) in [6, 6.07) is 13.1. The first-order valence-electron chi connectivity index (χ1n) is 6.93. The molecule has 2 aromatic carbocycles. The lowest BCUT2D eigenvalue weighted by Gasteiger charge is -2.22. The van der Waals surface area contributed by atoms with E-state index in [0.717, 1.165) is 5.56 Å². The minimum Gasteiger partial charge on any atom is -0.368 e. The maximum absolute atomic E-state index is 11.8. The minimum atomic E-state index is -0.701. The molecule has 0 aliphatic rings. The highest BCUT2D eigenvalue weighted by molar-refractivity contribution is 6.42. The Morgan fingerprint density at radius 2 is 1.87 bits per heavy atom. The second kappa shape index (κ2) is 7.47. The standard InChI is InChI=1S/C17H15Cl2N3O/c1-10(13-3-2-4-14(18)15(13)19)22-16(17(21)23)12-7-5-11(9-20)6-8-12/h2-8,10,16,22H,1H3,(H2,21,23)/t10-,16+/m1/s1. The van der Waals surface area contributed by atoms with Crippen LogP contribution in [0.4, 0.5) is 0 Å². The summed E-state index contributed by atoms with van der Waals surface area (Å²) in [5.41, 5.74) is 7.48. The van der Waals surface area contributed by atoms with E-state index >= 15 is 0 Å². The second-order valence-electron chi connectivity index (χ2n) is 5.10. The molecule has 0 spiro atoms. The predicted octanol–water partition coefficient (Wildman–Crippen LogP) is 3.74. The van der Waals surface area contributed by atoms with Gasteiger partial charge in [0.05, 0.1) is 21.7 Å². The molecule has 2 aromatic rings. The van der Waals surface area contributed by atoms with Gasteiger partial charge >= 0.3 is 0 Å². The molecule has 23 heavy (non-hydrogen) atoms. The van der Waals surface area contributed by atoms with Gasteiger partial charge in [0.1, 0.15) is 6.04 Å². The first-order chi connectivity index (χ1) is 10.9. The molecule has 1 amide bonds. The van der Waals surface area contributed by atoms with Gasteiger partial charge in [0, 0.05) is 6.04 Å². The van der Waals surface area contributed by atoms with Crippen molar-refractivity contribution in [2.45, 2.75) is 19.0 Å². The molecule has 0 saturated carbocycles. The van der Waals surface area contributed by atoms with Gasteiger partial charge in [-0.3, -0.25) is 10.1 Å². The van der Waals surface area contributed by atoms with E-state index in [1.165, 1.54) is 0 Å². The SMILES string of the molecule is C[C@@H](N[C@H](C(N)=O)c1ccc(C#N)cc1)c1cccc(Cl)c1Cl. The van der Waals surface area contributed by atoms with Crippen molar-refractivity contribution in [3.63, 3.8) is 0 Å². The van der Waals surface area contributed by atoms with Crippen LogP contribution < -0.4 is 11.1 Å². The van der Waals surface area contributed by atoms with E-state index in [9.17, 15) is 4.79 Å². The summed E-state index contributed by atoms with van der Waals surface area (Å²) in [7, 11) is 0. The van der Waals surface area contributed by atoms with Crippen LogP contribution in [0.5, 0.6) is 0 Å². The number of amides is 1. The van der Waals surface area contributed by atoms with Gasteiger partial charge in [-0.2, -0.15) is 5.26 Å². The fraction of sp³-hybridized carbons (Fsp3) is 0.176. The number of benzene rings is 2. The van der Waals surface area contributed by atoms with Crippen LogP contribution in [0, 0.1) is 11.3 Å². The first-order valence-corrected chi connectivity index (χ1v) is 7.69. The molecule has 0 saturated heterocycles. The number of nitrogens with zero attached hydrogens (tertiary/aromatic N) is 1. The van der Waals surface area contributed by atoms with E-state index in [4.69, 9.17) is 34.2 Å². The lowest BCUT2D eigenvalue weighted by molar-refractivity contribution is -0.120. The number of nitriles is 1. The molecule has 6 heteroatoms. The minimum absolute atomic E-state index is 0.241. The smallest absolute Gasteiger partial charge is 0.239 e. The highest BCUT2D eigenvalue weighted by Crippen LogP contribution is 2.31. The number of hydrogen-bond acceptors (Lipinski definition) is 3. The first kappa shape index (κ1) is 17.3. The maximum atomic E-state index is 11.8.